The van der Waals surface area contributed by atoms with Crippen LogP contribution in [0.5, 0.6) is 11.5 Å². The molecule has 1 N–H and O–H groups in total. The summed E-state index contributed by atoms with van der Waals surface area (Å²) in [6.45, 7) is 4.75. The van der Waals surface area contributed by atoms with Gasteiger partial charge in [-0.3, -0.25) is 4.79 Å². The van der Waals surface area contributed by atoms with Crippen molar-refractivity contribution in [2.24, 2.45) is 5.92 Å². The van der Waals surface area contributed by atoms with E-state index in [1.165, 1.54) is 16.0 Å². The van der Waals surface area contributed by atoms with Crippen molar-refractivity contribution in [2.75, 3.05) is 7.11 Å². The molecule has 1 unspecified atom stereocenters. The van der Waals surface area contributed by atoms with Gasteiger partial charge in [-0.05, 0) is 71.3 Å². The van der Waals surface area contributed by atoms with E-state index in [0.717, 1.165) is 45.1 Å². The molecule has 0 amide bonds. The van der Waals surface area contributed by atoms with E-state index in [9.17, 15) is 4.79 Å². The summed E-state index contributed by atoms with van der Waals surface area (Å²) >= 11 is 5.27. The number of hydrogen-bond acceptors (Lipinski definition) is 5. The number of halogens is 1. The van der Waals surface area contributed by atoms with Gasteiger partial charge in [0.1, 0.15) is 17.3 Å². The van der Waals surface area contributed by atoms with Crippen LogP contribution in [0.1, 0.15) is 34.9 Å². The maximum absolute atomic E-state index is 13.0. The molecule has 2 heterocycles. The SMILES string of the molecule is COc1cc(-c2nc3sc4c(c3c(=O)[nH]2)CCC(C)C4)cc(Br)c1OCc1ccc(C)cc1. The zero-order valence-corrected chi connectivity index (χ0v) is 21.2. The van der Waals surface area contributed by atoms with Crippen molar-refractivity contribution in [2.45, 2.75) is 39.7 Å². The van der Waals surface area contributed by atoms with Crippen molar-refractivity contribution in [1.29, 1.82) is 0 Å². The van der Waals surface area contributed by atoms with E-state index < -0.39 is 0 Å². The number of aromatic nitrogens is 2. The van der Waals surface area contributed by atoms with Crippen LogP contribution in [0.15, 0.2) is 45.7 Å². The van der Waals surface area contributed by atoms with Crippen LogP contribution in [-0.4, -0.2) is 17.1 Å². The van der Waals surface area contributed by atoms with Crippen LogP contribution in [0.25, 0.3) is 21.6 Å². The number of aromatic amines is 1. The summed E-state index contributed by atoms with van der Waals surface area (Å²) < 4.78 is 12.4. The minimum atomic E-state index is -0.0724. The van der Waals surface area contributed by atoms with E-state index >= 15 is 0 Å². The number of aryl methyl sites for hydroxylation is 2. The fourth-order valence-electron chi connectivity index (χ4n) is 4.32. The van der Waals surface area contributed by atoms with Crippen LogP contribution < -0.4 is 15.0 Å². The Kier molecular flexibility index (Phi) is 6.01. The summed E-state index contributed by atoms with van der Waals surface area (Å²) in [5, 5.41) is 0.759. The highest BCUT2D eigenvalue weighted by Crippen LogP contribution is 2.40. The number of hydrogen-bond donors (Lipinski definition) is 1. The fourth-order valence-corrected chi connectivity index (χ4v) is 6.26. The average Bonchev–Trinajstić information content (AvgIpc) is 3.16. The van der Waals surface area contributed by atoms with Crippen molar-refractivity contribution >= 4 is 37.5 Å². The van der Waals surface area contributed by atoms with Crippen molar-refractivity contribution in [3.63, 3.8) is 0 Å². The topological polar surface area (TPSA) is 64.2 Å². The monoisotopic (exact) mass is 524 g/mol. The quantitative estimate of drug-likeness (QED) is 0.326. The van der Waals surface area contributed by atoms with Gasteiger partial charge in [0.25, 0.3) is 5.56 Å². The van der Waals surface area contributed by atoms with Crippen LogP contribution in [0.4, 0.5) is 0 Å². The number of rotatable bonds is 5. The van der Waals surface area contributed by atoms with Crippen LogP contribution in [0.2, 0.25) is 0 Å². The number of benzene rings is 2. The van der Waals surface area contributed by atoms with Gasteiger partial charge >= 0.3 is 0 Å². The number of methoxy groups -OCH3 is 1. The molecule has 0 fully saturated rings. The van der Waals surface area contributed by atoms with Gasteiger partial charge in [0.05, 0.1) is 17.0 Å². The molecular formula is C26H25BrN2O3S. The molecule has 0 saturated heterocycles. The number of fused-ring (bicyclic) bond motifs is 3. The molecule has 1 aliphatic carbocycles. The molecule has 33 heavy (non-hydrogen) atoms. The summed E-state index contributed by atoms with van der Waals surface area (Å²) in [7, 11) is 1.61. The second-order valence-electron chi connectivity index (χ2n) is 8.71. The molecule has 0 spiro atoms. The lowest BCUT2D eigenvalue weighted by molar-refractivity contribution is 0.282. The molecule has 1 atom stereocenters. The smallest absolute Gasteiger partial charge is 0.260 e. The van der Waals surface area contributed by atoms with Gasteiger partial charge < -0.3 is 14.5 Å². The van der Waals surface area contributed by atoms with E-state index in [2.05, 4.69) is 59.0 Å². The number of ether oxygens (including phenoxy) is 2. The van der Waals surface area contributed by atoms with E-state index in [1.807, 2.05) is 12.1 Å². The predicted octanol–water partition coefficient (Wildman–Crippen LogP) is 6.43. The molecule has 5 nitrogen and oxygen atoms in total. The summed E-state index contributed by atoms with van der Waals surface area (Å²) in [5.74, 6) is 2.37. The fraction of sp³-hybridized carbons (Fsp3) is 0.308. The maximum Gasteiger partial charge on any atom is 0.260 e. The Bertz CT molecular complexity index is 1390. The molecule has 2 aromatic carbocycles. The van der Waals surface area contributed by atoms with Crippen LogP contribution in [0.3, 0.4) is 0 Å². The highest BCUT2D eigenvalue weighted by Gasteiger charge is 2.23. The molecule has 2 aromatic heterocycles. The molecule has 0 saturated carbocycles. The summed E-state index contributed by atoms with van der Waals surface area (Å²) in [4.78, 5) is 23.0. The van der Waals surface area contributed by atoms with Crippen molar-refractivity contribution in [3.05, 3.63) is 72.8 Å². The lowest BCUT2D eigenvalue weighted by Crippen LogP contribution is -2.13. The van der Waals surface area contributed by atoms with Gasteiger partial charge in [-0.2, -0.15) is 0 Å². The van der Waals surface area contributed by atoms with E-state index in [-0.39, 0.29) is 5.56 Å². The Morgan fingerprint density at radius 3 is 2.79 bits per heavy atom. The second kappa shape index (κ2) is 8.95. The van der Waals surface area contributed by atoms with Gasteiger partial charge in [0.15, 0.2) is 11.5 Å². The minimum Gasteiger partial charge on any atom is -0.493 e. The second-order valence-corrected chi connectivity index (χ2v) is 10.6. The molecule has 4 aromatic rings. The van der Waals surface area contributed by atoms with Gasteiger partial charge in [-0.1, -0.05) is 36.8 Å². The Morgan fingerprint density at radius 2 is 2.03 bits per heavy atom. The molecule has 1 aliphatic rings. The summed E-state index contributed by atoms with van der Waals surface area (Å²) in [5.41, 5.74) is 4.16. The number of nitrogens with zero attached hydrogens (tertiary/aromatic N) is 1. The highest BCUT2D eigenvalue weighted by molar-refractivity contribution is 9.10. The summed E-state index contributed by atoms with van der Waals surface area (Å²) in [6, 6.07) is 12.0. The maximum atomic E-state index is 13.0. The van der Waals surface area contributed by atoms with Crippen molar-refractivity contribution < 1.29 is 9.47 Å². The standard InChI is InChI=1S/C26H25BrN2O3S/c1-14-4-7-16(8-5-14)13-32-23-19(27)11-17(12-20(23)31-3)24-28-25(30)22-18-9-6-15(2)10-21(18)33-26(22)29-24/h4-5,7-8,11-12,15H,6,9-10,13H2,1-3H3,(H,28,29,30). The highest BCUT2D eigenvalue weighted by atomic mass is 79.9. The third-order valence-corrected chi connectivity index (χ3v) is 7.91. The normalized spacial score (nSPS) is 15.5. The lowest BCUT2D eigenvalue weighted by Gasteiger charge is -2.17. The number of nitrogens with one attached hydrogen (secondary N) is 1. The Morgan fingerprint density at radius 1 is 1.24 bits per heavy atom. The number of thiophene rings is 1. The molecule has 0 bridgehead atoms. The molecule has 170 valence electrons. The van der Waals surface area contributed by atoms with Gasteiger partial charge in [0.2, 0.25) is 0 Å². The van der Waals surface area contributed by atoms with E-state index in [4.69, 9.17) is 14.5 Å². The van der Waals surface area contributed by atoms with Crippen LogP contribution >= 0.6 is 27.3 Å². The Balaban J connectivity index is 1.49. The zero-order chi connectivity index (χ0) is 23.1. The summed E-state index contributed by atoms with van der Waals surface area (Å²) in [6.07, 6.45) is 3.10. The van der Waals surface area contributed by atoms with Gasteiger partial charge in [0, 0.05) is 10.4 Å². The Labute approximate surface area is 204 Å². The first kappa shape index (κ1) is 22.2. The van der Waals surface area contributed by atoms with Crippen LogP contribution in [0, 0.1) is 12.8 Å². The molecule has 0 aliphatic heterocycles. The first-order valence-electron chi connectivity index (χ1n) is 11.0. The van der Waals surface area contributed by atoms with Crippen LogP contribution in [-0.2, 0) is 19.4 Å². The zero-order valence-electron chi connectivity index (χ0n) is 18.8. The van der Waals surface area contributed by atoms with Crippen molar-refractivity contribution in [1.82, 2.24) is 9.97 Å². The first-order valence-corrected chi connectivity index (χ1v) is 12.6. The van der Waals surface area contributed by atoms with Gasteiger partial charge in [-0.15, -0.1) is 11.3 Å². The average molecular weight is 525 g/mol. The predicted molar refractivity (Wildman–Crippen MR) is 137 cm³/mol. The minimum absolute atomic E-state index is 0.0724. The third-order valence-electron chi connectivity index (χ3n) is 6.17. The molecule has 7 heteroatoms. The van der Waals surface area contributed by atoms with Gasteiger partial charge in [-0.25, -0.2) is 4.98 Å². The largest absolute Gasteiger partial charge is 0.493 e. The first-order chi connectivity index (χ1) is 15.9. The third kappa shape index (κ3) is 4.32. The molecular weight excluding hydrogens is 500 g/mol. The van der Waals surface area contributed by atoms with E-state index in [0.29, 0.717) is 29.8 Å². The number of H-pyrrole nitrogens is 1. The van der Waals surface area contributed by atoms with E-state index in [1.54, 1.807) is 18.4 Å². The lowest BCUT2D eigenvalue weighted by atomic mass is 9.89. The van der Waals surface area contributed by atoms with Crippen molar-refractivity contribution in [3.8, 4) is 22.9 Å². The Hall–Kier alpha value is -2.64. The molecule has 0 radical (unpaired) electrons. The molecule has 5 rings (SSSR count).